The van der Waals surface area contributed by atoms with E-state index in [4.69, 9.17) is 5.73 Å². The number of rotatable bonds is 41. The van der Waals surface area contributed by atoms with E-state index in [1.807, 2.05) is 0 Å². The van der Waals surface area contributed by atoms with Crippen LogP contribution in [-0.4, -0.2) is 303 Å². The molecule has 1 aromatic rings. The quantitative estimate of drug-likeness (QED) is 0.0130. The number of unbranched alkanes of at least 4 members (excludes halogenated alkanes) is 4. The molecule has 2 heterocycles. The van der Waals surface area contributed by atoms with Crippen molar-refractivity contribution < 1.29 is 98.2 Å². The summed E-state index contributed by atoms with van der Waals surface area (Å²) in [5.74, 6) is -9.80. The van der Waals surface area contributed by atoms with Crippen LogP contribution in [0.5, 0.6) is 0 Å². The number of amides is 7. The average molecular weight is 1350 g/mol. The van der Waals surface area contributed by atoms with E-state index in [1.54, 1.807) is 50.7 Å². The van der Waals surface area contributed by atoms with Crippen molar-refractivity contribution in [2.75, 3.05) is 112 Å². The number of aliphatic carboxylic acids is 5. The number of carbonyl (C=O) groups excluding carboxylic acids is 7. The third-order valence-corrected chi connectivity index (χ3v) is 16.0. The van der Waals surface area contributed by atoms with E-state index in [0.29, 0.717) is 69.4 Å². The molecule has 34 nitrogen and oxygen atoms in total. The summed E-state index contributed by atoms with van der Waals surface area (Å²) in [6.45, 7) is 1.87. The molecule has 0 radical (unpaired) electrons. The Balaban J connectivity index is 1.38. The van der Waals surface area contributed by atoms with Crippen molar-refractivity contribution in [3.8, 4) is 0 Å². The van der Waals surface area contributed by atoms with E-state index >= 15 is 0 Å². The number of aliphatic imine (C=N–C) groups is 1. The van der Waals surface area contributed by atoms with E-state index in [2.05, 4.69) is 36.9 Å². The zero-order chi connectivity index (χ0) is 70.6. The predicted octanol–water partition coefficient (Wildman–Crippen LogP) is -3.66. The van der Waals surface area contributed by atoms with Gasteiger partial charge in [0.25, 0.3) is 5.91 Å². The maximum Gasteiger partial charge on any atom is 0.475 e. The van der Waals surface area contributed by atoms with Gasteiger partial charge in [-0.25, -0.2) is 4.79 Å². The Morgan fingerprint density at radius 1 is 0.589 bits per heavy atom. The lowest BCUT2D eigenvalue weighted by Crippen LogP contribution is -2.52. The van der Waals surface area contributed by atoms with Crippen molar-refractivity contribution in [1.29, 1.82) is 0 Å². The molecule has 0 aliphatic carbocycles. The molecule has 1 aromatic carbocycles. The van der Waals surface area contributed by atoms with Crippen LogP contribution in [0.2, 0.25) is 0 Å². The minimum Gasteiger partial charge on any atom is -0.480 e. The molecule has 35 heteroatoms. The highest BCUT2D eigenvalue weighted by Gasteiger charge is 2.42. The van der Waals surface area contributed by atoms with Crippen LogP contribution in [-0.2, 0) is 59.3 Å². The van der Waals surface area contributed by atoms with Gasteiger partial charge in [0, 0.05) is 130 Å². The van der Waals surface area contributed by atoms with Gasteiger partial charge < -0.3 is 88.1 Å². The minimum atomic E-state index is -1.85. The van der Waals surface area contributed by atoms with Crippen molar-refractivity contribution in [3.63, 3.8) is 0 Å². The van der Waals surface area contributed by atoms with E-state index in [0.717, 1.165) is 4.90 Å². The average Bonchev–Trinajstić information content (AvgIpc) is 1.73. The Morgan fingerprint density at radius 3 is 1.61 bits per heavy atom. The number of nitrogens with zero attached hydrogens (tertiary/aromatic N) is 7. The summed E-state index contributed by atoms with van der Waals surface area (Å²) in [6.07, 6.45) is 2.20. The summed E-state index contributed by atoms with van der Waals surface area (Å²) in [7, 11) is 1.62. The number of likely N-dealkylation sites (tertiary alicyclic amines) is 1. The second-order valence-corrected chi connectivity index (χ2v) is 24.0. The fraction of sp³-hybridized carbons (Fsp3) is 0.683. The summed E-state index contributed by atoms with van der Waals surface area (Å²) in [5, 5.41) is 94.0. The van der Waals surface area contributed by atoms with Crippen molar-refractivity contribution in [1.82, 2.24) is 61.3 Å². The minimum absolute atomic E-state index is 0.00503. The molecule has 0 spiro atoms. The van der Waals surface area contributed by atoms with Gasteiger partial charge in [-0.05, 0) is 95.2 Å². The van der Waals surface area contributed by atoms with Gasteiger partial charge in [0.05, 0.1) is 31.7 Å². The molecule has 0 saturated carbocycles. The molecule has 6 atom stereocenters. The summed E-state index contributed by atoms with van der Waals surface area (Å²) in [5.41, 5.74) is 6.85. The molecule has 2 fully saturated rings. The first-order valence-electron chi connectivity index (χ1n) is 32.2. The number of benzene rings is 1. The third-order valence-electron chi connectivity index (χ3n) is 16.0. The smallest absolute Gasteiger partial charge is 0.475 e. The monoisotopic (exact) mass is 1350 g/mol. The Morgan fingerprint density at radius 2 is 1.08 bits per heavy atom. The fourth-order valence-corrected chi connectivity index (χ4v) is 10.6. The molecule has 16 N–H and O–H groups in total. The fourth-order valence-electron chi connectivity index (χ4n) is 10.6. The topological polar surface area (TPSA) is 497 Å². The highest BCUT2D eigenvalue weighted by atomic mass is 16.4. The second kappa shape index (κ2) is 43.8. The second-order valence-electron chi connectivity index (χ2n) is 24.0. The lowest BCUT2D eigenvalue weighted by molar-refractivity contribution is -0.145. The number of carboxylic acids is 5. The maximum absolute atomic E-state index is 13.4. The number of nitrogens with two attached hydrogens (primary N) is 1. The third kappa shape index (κ3) is 33.2. The standard InChI is InChI=1S/C60H99BN14O20/c1-40(57(89)75-36-43(76)34-47(75)61(94)95)67-55(87)42-19-17-41(18-20-42)35-66-48(77)14-8-10-24-64-56(88)44(13-11-25-65-60(62)70(2)3)68-50(79)15-5-4-6-16-51(80)69-45(58(90)91)12-7-9-23-63-49(78)22-21-46(59(92)93)74-32-30-72(38-53(83)84)28-26-71(37-52(81)82)27-29-73(31-33-74)39-54(85)86/h17-20,40,43-47,76,94-95H,4-16,21-39H2,1-3H3,(H2,62,65)(H,63,78)(H,64,88)(H,66,77)(H,67,87)(H,68,79)(H,69,80)(H,81,82)(H,83,84)(H,85,86)(H,90,91)(H,92,93)/t40-,43+,44+,45+,46-,47+/m1/s1. The first kappa shape index (κ1) is 81.1. The maximum atomic E-state index is 13.4. The van der Waals surface area contributed by atoms with Crippen LogP contribution in [0.15, 0.2) is 29.3 Å². The largest absolute Gasteiger partial charge is 0.480 e. The lowest BCUT2D eigenvalue weighted by Gasteiger charge is -2.35. The molecule has 532 valence electrons. The molecule has 2 aliphatic heterocycles. The molecular formula is C60H99BN14O20. The van der Waals surface area contributed by atoms with Crippen LogP contribution in [0.25, 0.3) is 0 Å². The summed E-state index contributed by atoms with van der Waals surface area (Å²) >= 11 is 0. The molecule has 0 bridgehead atoms. The molecule has 7 amide bonds. The van der Waals surface area contributed by atoms with Gasteiger partial charge in [-0.15, -0.1) is 0 Å². The number of aliphatic hydroxyl groups excluding tert-OH is 1. The van der Waals surface area contributed by atoms with Gasteiger partial charge >= 0.3 is 37.0 Å². The van der Waals surface area contributed by atoms with E-state index in [1.165, 1.54) is 19.1 Å². The number of hydrogen-bond acceptors (Lipinski definition) is 20. The Labute approximate surface area is 552 Å². The molecule has 2 saturated heterocycles. The summed E-state index contributed by atoms with van der Waals surface area (Å²) in [6, 6.07) is 1.99. The lowest BCUT2D eigenvalue weighted by atomic mass is 9.77. The van der Waals surface area contributed by atoms with Crippen molar-refractivity contribution in [2.45, 2.75) is 152 Å². The number of nitrogens with one attached hydrogen (secondary N) is 6. The number of guanidine groups is 1. The SMILES string of the molecule is C[C@@H](NC(=O)c1ccc(CNC(=O)CCCCNC(=O)[C@H](CCCN=C(N)N(C)C)NC(=O)CCCCCC(=O)N[C@@H](CCCCNC(=O)CC[C@H](C(=O)O)N2CCN(CC(=O)O)CCN(CC(=O)O)CCN(CC(=O)O)CC2)C(=O)O)cc1)C(=O)N1C[C@@H](O)C[C@H]1B(O)O. The molecular weight excluding hydrogens is 1250 g/mol. The van der Waals surface area contributed by atoms with Crippen molar-refractivity contribution in [3.05, 3.63) is 35.4 Å². The first-order chi connectivity index (χ1) is 45.0. The van der Waals surface area contributed by atoms with Crippen LogP contribution in [0, 0.1) is 0 Å². The zero-order valence-electron chi connectivity index (χ0n) is 54.7. The van der Waals surface area contributed by atoms with Gasteiger partial charge in [-0.3, -0.25) is 77.3 Å². The normalized spacial score (nSPS) is 17.5. The van der Waals surface area contributed by atoms with Crippen molar-refractivity contribution >= 4 is 84.3 Å². The van der Waals surface area contributed by atoms with Gasteiger partial charge in [0.15, 0.2) is 5.96 Å². The number of carboxylic acid groups (broad SMARTS) is 5. The summed E-state index contributed by atoms with van der Waals surface area (Å²) < 4.78 is 0. The van der Waals surface area contributed by atoms with Gasteiger partial charge in [-0.2, -0.15) is 0 Å². The van der Waals surface area contributed by atoms with E-state index in [9.17, 15) is 98.2 Å². The van der Waals surface area contributed by atoms with Crippen LogP contribution in [0.1, 0.15) is 126 Å². The molecule has 3 rings (SSSR count). The van der Waals surface area contributed by atoms with Crippen LogP contribution >= 0.6 is 0 Å². The van der Waals surface area contributed by atoms with Crippen LogP contribution < -0.4 is 37.6 Å². The highest BCUT2D eigenvalue weighted by molar-refractivity contribution is 6.43. The number of carbonyl (C=O) groups is 12. The number of aliphatic hydroxyl groups is 1. The number of hydrogen-bond donors (Lipinski definition) is 15. The van der Waals surface area contributed by atoms with Crippen molar-refractivity contribution in [2.24, 2.45) is 10.7 Å². The van der Waals surface area contributed by atoms with Crippen LogP contribution in [0.3, 0.4) is 0 Å². The summed E-state index contributed by atoms with van der Waals surface area (Å²) in [4.78, 5) is 164. The molecule has 0 aromatic heterocycles. The molecule has 2 aliphatic rings. The Kier molecular flexibility index (Phi) is 37.4. The molecule has 95 heavy (non-hydrogen) atoms. The highest BCUT2D eigenvalue weighted by Crippen LogP contribution is 2.20. The zero-order valence-corrected chi connectivity index (χ0v) is 54.7. The molecule has 0 unspecified atom stereocenters. The van der Waals surface area contributed by atoms with E-state index < -0.39 is 122 Å². The first-order valence-corrected chi connectivity index (χ1v) is 32.2. The van der Waals surface area contributed by atoms with Gasteiger partial charge in [0.1, 0.15) is 24.2 Å². The van der Waals surface area contributed by atoms with Gasteiger partial charge in [0.2, 0.25) is 35.4 Å². The Hall–Kier alpha value is -8.09. The Bertz CT molecular complexity index is 2680. The number of β-amino-alcohol motifs (C(OH)–C–C–N with tert-alkyl or cyclic N) is 1. The van der Waals surface area contributed by atoms with Gasteiger partial charge in [-0.1, -0.05) is 18.6 Å². The van der Waals surface area contributed by atoms with Crippen LogP contribution in [0.4, 0.5) is 0 Å². The predicted molar refractivity (Wildman–Crippen MR) is 344 cm³/mol. The van der Waals surface area contributed by atoms with E-state index in [-0.39, 0.29) is 148 Å².